The van der Waals surface area contributed by atoms with Crippen molar-refractivity contribution >= 4 is 0 Å². The summed E-state index contributed by atoms with van der Waals surface area (Å²) >= 11 is 0. The molecule has 5 nitrogen and oxygen atoms in total. The summed E-state index contributed by atoms with van der Waals surface area (Å²) in [7, 11) is 0. The fraction of sp³-hybridized carbons (Fsp3) is 0.455. The molecule has 2 aromatic carbocycles. The van der Waals surface area contributed by atoms with E-state index in [2.05, 4.69) is 0 Å². The van der Waals surface area contributed by atoms with Gasteiger partial charge in [-0.25, -0.2) is 4.39 Å². The maximum Gasteiger partial charge on any atom is 0.231 e. The number of hydrogen-bond donors (Lipinski definition) is 0. The lowest BCUT2D eigenvalue weighted by Crippen LogP contribution is -2.42. The first kappa shape index (κ1) is 19.0. The van der Waals surface area contributed by atoms with Crippen LogP contribution in [0.5, 0.6) is 17.2 Å². The number of rotatable bonds is 6. The Hall–Kier alpha value is -2.31. The summed E-state index contributed by atoms with van der Waals surface area (Å²) in [6.07, 6.45) is 1.07. The maximum absolute atomic E-state index is 13.4. The number of piperidine rings is 1. The lowest BCUT2D eigenvalue weighted by molar-refractivity contribution is -0.208. The smallest absolute Gasteiger partial charge is 0.231 e. The van der Waals surface area contributed by atoms with Crippen LogP contribution in [-0.4, -0.2) is 37.7 Å². The van der Waals surface area contributed by atoms with Crippen molar-refractivity contribution in [3.8, 4) is 17.2 Å². The zero-order valence-electron chi connectivity index (χ0n) is 16.3. The number of hydroxylamine groups is 2. The molecule has 0 saturated carbocycles. The molecule has 0 bridgehead atoms. The van der Waals surface area contributed by atoms with Gasteiger partial charge in [-0.1, -0.05) is 12.1 Å². The van der Waals surface area contributed by atoms with Crippen molar-refractivity contribution in [3.05, 3.63) is 53.8 Å². The van der Waals surface area contributed by atoms with Crippen LogP contribution in [0.1, 0.15) is 31.7 Å². The fourth-order valence-electron chi connectivity index (χ4n) is 3.88. The Bertz CT molecular complexity index is 796. The Kier molecular flexibility index (Phi) is 5.69. The van der Waals surface area contributed by atoms with Crippen molar-refractivity contribution in [1.29, 1.82) is 0 Å². The van der Waals surface area contributed by atoms with E-state index in [0.29, 0.717) is 18.3 Å². The van der Waals surface area contributed by atoms with Gasteiger partial charge in [0.25, 0.3) is 0 Å². The third kappa shape index (κ3) is 4.39. The molecule has 150 valence electrons. The van der Waals surface area contributed by atoms with E-state index in [-0.39, 0.29) is 24.6 Å². The Labute approximate surface area is 164 Å². The van der Waals surface area contributed by atoms with E-state index < -0.39 is 0 Å². The number of benzene rings is 2. The normalized spacial score (nSPS) is 21.9. The monoisotopic (exact) mass is 387 g/mol. The van der Waals surface area contributed by atoms with Crippen molar-refractivity contribution in [2.24, 2.45) is 5.92 Å². The summed E-state index contributed by atoms with van der Waals surface area (Å²) in [5.74, 6) is 2.51. The molecule has 0 unspecified atom stereocenters. The molecular weight excluding hydrogens is 361 g/mol. The van der Waals surface area contributed by atoms with Gasteiger partial charge in [-0.05, 0) is 56.0 Å². The molecule has 2 aliphatic heterocycles. The third-order valence-electron chi connectivity index (χ3n) is 5.16. The Morgan fingerprint density at radius 2 is 1.89 bits per heavy atom. The molecule has 2 aromatic rings. The lowest BCUT2D eigenvalue weighted by atomic mass is 9.81. The molecule has 4 rings (SSSR count). The molecule has 0 radical (unpaired) electrons. The number of ether oxygens (including phenoxy) is 3. The highest BCUT2D eigenvalue weighted by Gasteiger charge is 2.32. The largest absolute Gasteiger partial charge is 0.493 e. The highest BCUT2D eigenvalue weighted by atomic mass is 19.1. The molecule has 1 saturated heterocycles. The van der Waals surface area contributed by atoms with Crippen LogP contribution < -0.4 is 14.2 Å². The molecule has 0 N–H and O–H groups in total. The van der Waals surface area contributed by atoms with Crippen molar-refractivity contribution in [2.45, 2.75) is 32.3 Å². The minimum absolute atomic E-state index is 0.137. The van der Waals surface area contributed by atoms with Crippen LogP contribution in [-0.2, 0) is 4.84 Å². The SMILES string of the molecule is CC(C)ON1CC[C@@H](c2ccc(F)cc2)[C@H](COc2ccc3c(c2)OCO3)C1. The Morgan fingerprint density at radius 1 is 1.11 bits per heavy atom. The minimum Gasteiger partial charge on any atom is -0.493 e. The van der Waals surface area contributed by atoms with Crippen LogP contribution in [0.3, 0.4) is 0 Å². The van der Waals surface area contributed by atoms with Crippen molar-refractivity contribution in [3.63, 3.8) is 0 Å². The predicted octanol–water partition coefficient (Wildman–Crippen LogP) is 4.38. The van der Waals surface area contributed by atoms with Gasteiger partial charge in [-0.3, -0.25) is 4.84 Å². The number of fused-ring (bicyclic) bond motifs is 1. The van der Waals surface area contributed by atoms with Crippen LogP contribution in [0.25, 0.3) is 0 Å². The van der Waals surface area contributed by atoms with Crippen molar-refractivity contribution < 1.29 is 23.4 Å². The van der Waals surface area contributed by atoms with Crippen LogP contribution in [0.4, 0.5) is 4.39 Å². The van der Waals surface area contributed by atoms with Crippen LogP contribution in [0, 0.1) is 11.7 Å². The molecule has 28 heavy (non-hydrogen) atoms. The lowest BCUT2D eigenvalue weighted by Gasteiger charge is -2.38. The van der Waals surface area contributed by atoms with E-state index in [1.807, 2.05) is 49.2 Å². The number of halogens is 1. The van der Waals surface area contributed by atoms with Crippen LogP contribution in [0.15, 0.2) is 42.5 Å². The van der Waals surface area contributed by atoms with Crippen molar-refractivity contribution in [1.82, 2.24) is 5.06 Å². The summed E-state index contributed by atoms with van der Waals surface area (Å²) in [5.41, 5.74) is 1.14. The molecule has 2 heterocycles. The standard InChI is InChI=1S/C22H26FNO4/c1-15(2)28-24-10-9-20(16-3-5-18(23)6-4-16)17(12-24)13-25-19-7-8-21-22(11-19)27-14-26-21/h3-8,11,15,17,20H,9-10,12-14H2,1-2H3/t17-,20-/m0/s1. The maximum atomic E-state index is 13.4. The third-order valence-corrected chi connectivity index (χ3v) is 5.16. The first-order valence-electron chi connectivity index (χ1n) is 9.78. The Morgan fingerprint density at radius 3 is 2.68 bits per heavy atom. The average molecular weight is 387 g/mol. The molecule has 6 heteroatoms. The van der Waals surface area contributed by atoms with Gasteiger partial charge < -0.3 is 14.2 Å². The molecule has 0 spiro atoms. The summed E-state index contributed by atoms with van der Waals surface area (Å²) in [5, 5.41) is 2.03. The van der Waals surface area contributed by atoms with E-state index in [1.54, 1.807) is 0 Å². The van der Waals surface area contributed by atoms with Crippen LogP contribution in [0.2, 0.25) is 0 Å². The zero-order chi connectivity index (χ0) is 19.5. The first-order chi connectivity index (χ1) is 13.6. The van der Waals surface area contributed by atoms with E-state index in [9.17, 15) is 4.39 Å². The quantitative estimate of drug-likeness (QED) is 0.736. The second kappa shape index (κ2) is 8.37. The van der Waals surface area contributed by atoms with E-state index >= 15 is 0 Å². The van der Waals surface area contributed by atoms with Gasteiger partial charge in [0.1, 0.15) is 11.6 Å². The zero-order valence-corrected chi connectivity index (χ0v) is 16.3. The topological polar surface area (TPSA) is 40.2 Å². The first-order valence-corrected chi connectivity index (χ1v) is 9.78. The van der Waals surface area contributed by atoms with Crippen LogP contribution >= 0.6 is 0 Å². The highest BCUT2D eigenvalue weighted by molar-refractivity contribution is 5.46. The predicted molar refractivity (Wildman–Crippen MR) is 103 cm³/mol. The second-order valence-corrected chi connectivity index (χ2v) is 7.58. The van der Waals surface area contributed by atoms with Gasteiger partial charge in [-0.2, -0.15) is 5.06 Å². The average Bonchev–Trinajstić information content (AvgIpc) is 3.15. The summed E-state index contributed by atoms with van der Waals surface area (Å²) in [4.78, 5) is 5.92. The van der Waals surface area contributed by atoms with E-state index in [4.69, 9.17) is 19.0 Å². The number of hydrogen-bond acceptors (Lipinski definition) is 5. The molecule has 2 aliphatic rings. The second-order valence-electron chi connectivity index (χ2n) is 7.58. The van der Waals surface area contributed by atoms with Gasteiger partial charge in [0.05, 0.1) is 12.7 Å². The molecule has 1 fully saturated rings. The van der Waals surface area contributed by atoms with Gasteiger partial charge in [0.2, 0.25) is 6.79 Å². The minimum atomic E-state index is -0.211. The van der Waals surface area contributed by atoms with Gasteiger partial charge in [0, 0.05) is 25.1 Å². The molecule has 0 aliphatic carbocycles. The molecular formula is C22H26FNO4. The summed E-state index contributed by atoms with van der Waals surface area (Å²) < 4.78 is 30.2. The summed E-state index contributed by atoms with van der Waals surface area (Å²) in [6, 6.07) is 12.4. The molecule has 0 aromatic heterocycles. The Balaban J connectivity index is 1.47. The van der Waals surface area contributed by atoms with E-state index in [1.165, 1.54) is 12.1 Å². The molecule has 2 atom stereocenters. The fourth-order valence-corrected chi connectivity index (χ4v) is 3.88. The summed E-state index contributed by atoms with van der Waals surface area (Å²) in [6.45, 7) is 6.47. The van der Waals surface area contributed by atoms with E-state index in [0.717, 1.165) is 36.6 Å². The van der Waals surface area contributed by atoms with Gasteiger partial charge in [-0.15, -0.1) is 0 Å². The highest BCUT2D eigenvalue weighted by Crippen LogP contribution is 2.37. The van der Waals surface area contributed by atoms with Crippen molar-refractivity contribution in [2.75, 3.05) is 26.5 Å². The number of nitrogens with zero attached hydrogens (tertiary/aromatic N) is 1. The van der Waals surface area contributed by atoms with Gasteiger partial charge in [0.15, 0.2) is 11.5 Å². The van der Waals surface area contributed by atoms with Gasteiger partial charge >= 0.3 is 0 Å². The molecule has 0 amide bonds.